The normalized spacial score (nSPS) is 16.0. The Hall–Kier alpha value is -2.14. The number of aryl methyl sites for hydroxylation is 1. The first-order chi connectivity index (χ1) is 8.73. The van der Waals surface area contributed by atoms with Gasteiger partial charge in [-0.3, -0.25) is 4.98 Å². The van der Waals surface area contributed by atoms with Gasteiger partial charge in [-0.05, 0) is 37.5 Å². The second-order valence-electron chi connectivity index (χ2n) is 5.00. The van der Waals surface area contributed by atoms with Gasteiger partial charge < -0.3 is 0 Å². The number of nitrogens with zero attached hydrogens (tertiary/aromatic N) is 2. The number of hydrogen-bond acceptors (Lipinski definition) is 2. The van der Waals surface area contributed by atoms with Crippen LogP contribution in [-0.4, -0.2) is 4.98 Å². The molecule has 2 nitrogen and oxygen atoms in total. The Morgan fingerprint density at radius 2 is 2.06 bits per heavy atom. The van der Waals surface area contributed by atoms with Crippen LogP contribution in [0.15, 0.2) is 42.6 Å². The number of benzene rings is 1. The van der Waals surface area contributed by atoms with Crippen molar-refractivity contribution in [3.05, 3.63) is 53.7 Å². The van der Waals surface area contributed by atoms with Gasteiger partial charge in [-0.15, -0.1) is 0 Å². The summed E-state index contributed by atoms with van der Waals surface area (Å²) in [5, 5.41) is 9.15. The highest BCUT2D eigenvalue weighted by atomic mass is 14.7. The van der Waals surface area contributed by atoms with Crippen LogP contribution in [0.25, 0.3) is 11.3 Å². The molecule has 88 valence electrons. The molecule has 0 aliphatic heterocycles. The molecule has 0 atom stereocenters. The van der Waals surface area contributed by atoms with E-state index in [9.17, 15) is 0 Å². The molecule has 0 radical (unpaired) electrons. The maximum Gasteiger partial charge on any atom is 0.0838 e. The largest absolute Gasteiger partial charge is 0.256 e. The molecule has 18 heavy (non-hydrogen) atoms. The maximum absolute atomic E-state index is 9.15. The molecule has 0 unspecified atom stereocenters. The summed E-state index contributed by atoms with van der Waals surface area (Å²) in [5.74, 6) is 0. The van der Waals surface area contributed by atoms with Crippen molar-refractivity contribution in [2.75, 3.05) is 0 Å². The Balaban J connectivity index is 1.95. The Morgan fingerprint density at radius 1 is 1.22 bits per heavy atom. The zero-order valence-electron chi connectivity index (χ0n) is 10.4. The van der Waals surface area contributed by atoms with E-state index < -0.39 is 0 Å². The average Bonchev–Trinajstić information content (AvgIpc) is 3.20. The predicted octanol–water partition coefficient (Wildman–Crippen LogP) is 3.61. The number of hydrogen-bond donors (Lipinski definition) is 0. The van der Waals surface area contributed by atoms with Crippen molar-refractivity contribution >= 4 is 0 Å². The van der Waals surface area contributed by atoms with Gasteiger partial charge in [0.15, 0.2) is 0 Å². The highest BCUT2D eigenvalue weighted by molar-refractivity contribution is 5.60. The number of pyridine rings is 1. The van der Waals surface area contributed by atoms with Gasteiger partial charge in [-0.25, -0.2) is 0 Å². The lowest BCUT2D eigenvalue weighted by molar-refractivity contribution is 0.898. The van der Waals surface area contributed by atoms with Crippen LogP contribution < -0.4 is 0 Å². The summed E-state index contributed by atoms with van der Waals surface area (Å²) in [6.45, 7) is 2.08. The Labute approximate surface area is 107 Å². The standard InChI is InChI=1S/C16H14N2/c1-12-3-2-4-13(9-12)15-6-5-14(10-18-15)16(11-17)7-8-16/h2-6,9-10H,7-8H2,1H3. The second-order valence-corrected chi connectivity index (χ2v) is 5.00. The summed E-state index contributed by atoms with van der Waals surface area (Å²) < 4.78 is 0. The SMILES string of the molecule is Cc1cccc(-c2ccc(C3(C#N)CC3)cn2)c1. The Morgan fingerprint density at radius 3 is 2.61 bits per heavy atom. The molecule has 1 fully saturated rings. The summed E-state index contributed by atoms with van der Waals surface area (Å²) >= 11 is 0. The van der Waals surface area contributed by atoms with Gasteiger partial charge >= 0.3 is 0 Å². The van der Waals surface area contributed by atoms with Crippen molar-refractivity contribution in [3.8, 4) is 17.3 Å². The highest BCUT2D eigenvalue weighted by Crippen LogP contribution is 2.47. The molecule has 0 saturated heterocycles. The molecule has 0 spiro atoms. The van der Waals surface area contributed by atoms with Crippen LogP contribution in [0.3, 0.4) is 0 Å². The van der Waals surface area contributed by atoms with Crippen molar-refractivity contribution < 1.29 is 0 Å². The zero-order valence-corrected chi connectivity index (χ0v) is 10.4. The molecule has 3 rings (SSSR count). The predicted molar refractivity (Wildman–Crippen MR) is 70.9 cm³/mol. The molecule has 1 aliphatic rings. The summed E-state index contributed by atoms with van der Waals surface area (Å²) in [5.41, 5.74) is 4.15. The molecule has 0 amide bonds. The second kappa shape index (κ2) is 3.96. The monoisotopic (exact) mass is 234 g/mol. The van der Waals surface area contributed by atoms with Gasteiger partial charge in [0.1, 0.15) is 0 Å². The van der Waals surface area contributed by atoms with E-state index in [4.69, 9.17) is 5.26 Å². The first-order valence-corrected chi connectivity index (χ1v) is 6.18. The Kier molecular flexibility index (Phi) is 2.41. The lowest BCUT2D eigenvalue weighted by Gasteiger charge is -2.07. The third-order valence-electron chi connectivity index (χ3n) is 3.59. The molecule has 1 aromatic heterocycles. The average molecular weight is 234 g/mol. The van der Waals surface area contributed by atoms with Gasteiger partial charge in [0.25, 0.3) is 0 Å². The topological polar surface area (TPSA) is 36.7 Å². The van der Waals surface area contributed by atoms with E-state index in [0.29, 0.717) is 0 Å². The molecule has 2 aromatic rings. The van der Waals surface area contributed by atoms with E-state index >= 15 is 0 Å². The smallest absolute Gasteiger partial charge is 0.0838 e. The third kappa shape index (κ3) is 1.78. The maximum atomic E-state index is 9.15. The van der Waals surface area contributed by atoms with Crippen molar-refractivity contribution in [3.63, 3.8) is 0 Å². The third-order valence-corrected chi connectivity index (χ3v) is 3.59. The molecule has 1 heterocycles. The lowest BCUT2D eigenvalue weighted by atomic mass is 9.99. The molecule has 1 aliphatic carbocycles. The van der Waals surface area contributed by atoms with Crippen LogP contribution in [-0.2, 0) is 5.41 Å². The molecule has 1 saturated carbocycles. The highest BCUT2D eigenvalue weighted by Gasteiger charge is 2.45. The van der Waals surface area contributed by atoms with E-state index in [0.717, 1.165) is 29.7 Å². The fourth-order valence-electron chi connectivity index (χ4n) is 2.24. The fourth-order valence-corrected chi connectivity index (χ4v) is 2.24. The van der Waals surface area contributed by atoms with Crippen LogP contribution >= 0.6 is 0 Å². The first kappa shape index (κ1) is 11.0. The van der Waals surface area contributed by atoms with Gasteiger partial charge in [0.2, 0.25) is 0 Å². The van der Waals surface area contributed by atoms with Crippen molar-refractivity contribution in [1.82, 2.24) is 4.98 Å². The number of aromatic nitrogens is 1. The van der Waals surface area contributed by atoms with Gasteiger partial charge in [-0.2, -0.15) is 5.26 Å². The fraction of sp³-hybridized carbons (Fsp3) is 0.250. The van der Waals surface area contributed by atoms with E-state index in [1.807, 2.05) is 24.4 Å². The molecule has 1 aromatic carbocycles. The van der Waals surface area contributed by atoms with Gasteiger partial charge in [0, 0.05) is 11.8 Å². The summed E-state index contributed by atoms with van der Waals surface area (Å²) in [6, 6.07) is 14.8. The van der Waals surface area contributed by atoms with Crippen LogP contribution in [0.5, 0.6) is 0 Å². The van der Waals surface area contributed by atoms with Crippen LogP contribution in [0.1, 0.15) is 24.0 Å². The first-order valence-electron chi connectivity index (χ1n) is 6.18. The molecule has 2 heteroatoms. The van der Waals surface area contributed by atoms with Crippen molar-refractivity contribution in [2.24, 2.45) is 0 Å². The number of rotatable bonds is 2. The molecule has 0 N–H and O–H groups in total. The minimum absolute atomic E-state index is 0.238. The molecular formula is C16H14N2. The summed E-state index contributed by atoms with van der Waals surface area (Å²) in [7, 11) is 0. The minimum atomic E-state index is -0.238. The zero-order chi connectivity index (χ0) is 12.6. The minimum Gasteiger partial charge on any atom is -0.256 e. The van der Waals surface area contributed by atoms with E-state index in [2.05, 4.69) is 36.2 Å². The van der Waals surface area contributed by atoms with E-state index in [1.54, 1.807) is 0 Å². The van der Waals surface area contributed by atoms with Gasteiger partial charge in [-0.1, -0.05) is 29.8 Å². The number of nitriles is 1. The van der Waals surface area contributed by atoms with Crippen LogP contribution in [0, 0.1) is 18.3 Å². The van der Waals surface area contributed by atoms with Gasteiger partial charge in [0.05, 0.1) is 17.2 Å². The van der Waals surface area contributed by atoms with Crippen LogP contribution in [0.4, 0.5) is 0 Å². The lowest BCUT2D eigenvalue weighted by Crippen LogP contribution is -2.02. The summed E-state index contributed by atoms with van der Waals surface area (Å²) in [6.07, 6.45) is 3.79. The van der Waals surface area contributed by atoms with Crippen molar-refractivity contribution in [1.29, 1.82) is 5.26 Å². The van der Waals surface area contributed by atoms with E-state index in [-0.39, 0.29) is 5.41 Å². The van der Waals surface area contributed by atoms with Crippen LogP contribution in [0.2, 0.25) is 0 Å². The quantitative estimate of drug-likeness (QED) is 0.795. The Bertz CT molecular complexity index is 616. The summed E-state index contributed by atoms with van der Waals surface area (Å²) in [4.78, 5) is 4.49. The van der Waals surface area contributed by atoms with E-state index in [1.165, 1.54) is 5.56 Å². The molecule has 0 bridgehead atoms. The van der Waals surface area contributed by atoms with Crippen molar-refractivity contribution in [2.45, 2.75) is 25.2 Å². The molecular weight excluding hydrogens is 220 g/mol.